The van der Waals surface area contributed by atoms with Crippen molar-refractivity contribution in [3.63, 3.8) is 0 Å². The first-order chi connectivity index (χ1) is 14.7. The molecular formula is C23H32N4O3. The van der Waals surface area contributed by atoms with Gasteiger partial charge in [-0.1, -0.05) is 18.2 Å². The zero-order valence-electron chi connectivity index (χ0n) is 18.1. The van der Waals surface area contributed by atoms with Gasteiger partial charge in [-0.15, -0.1) is 0 Å². The lowest BCUT2D eigenvalue weighted by Crippen LogP contribution is -2.36. The third-order valence-electron chi connectivity index (χ3n) is 4.89. The summed E-state index contributed by atoms with van der Waals surface area (Å²) in [5.74, 6) is 2.98. The van der Waals surface area contributed by atoms with Crippen LogP contribution in [0.25, 0.3) is 0 Å². The van der Waals surface area contributed by atoms with Gasteiger partial charge in [-0.25, -0.2) is 4.98 Å². The minimum absolute atomic E-state index is 0.463. The average Bonchev–Trinajstić information content (AvgIpc) is 3.59. The first-order valence-corrected chi connectivity index (χ1v) is 10.4. The molecule has 1 heterocycles. The number of rotatable bonds is 11. The molecule has 0 spiro atoms. The van der Waals surface area contributed by atoms with Crippen LogP contribution in [0.15, 0.2) is 41.5 Å². The summed E-state index contributed by atoms with van der Waals surface area (Å²) >= 11 is 0. The van der Waals surface area contributed by atoms with Gasteiger partial charge in [0.1, 0.15) is 12.4 Å². The van der Waals surface area contributed by atoms with Gasteiger partial charge in [-0.3, -0.25) is 4.99 Å². The monoisotopic (exact) mass is 412 g/mol. The Morgan fingerprint density at radius 3 is 2.63 bits per heavy atom. The summed E-state index contributed by atoms with van der Waals surface area (Å²) in [5, 5.41) is 6.69. The molecule has 0 saturated heterocycles. The van der Waals surface area contributed by atoms with Crippen molar-refractivity contribution >= 4 is 5.96 Å². The van der Waals surface area contributed by atoms with Crippen molar-refractivity contribution in [1.82, 2.24) is 15.6 Å². The van der Waals surface area contributed by atoms with E-state index in [0.717, 1.165) is 29.4 Å². The van der Waals surface area contributed by atoms with E-state index >= 15 is 0 Å². The van der Waals surface area contributed by atoms with Crippen LogP contribution in [0.1, 0.15) is 29.5 Å². The first-order valence-electron chi connectivity index (χ1n) is 10.4. The Kier molecular flexibility index (Phi) is 8.32. The molecule has 0 bridgehead atoms. The van der Waals surface area contributed by atoms with Crippen LogP contribution in [0.2, 0.25) is 0 Å². The lowest BCUT2D eigenvalue weighted by Gasteiger charge is -2.16. The number of aliphatic imine (C=N–C) groups is 1. The SMILES string of the molecule is CN=C(NCc1ccc(C)cc1OCC1CC1)NCc1cccnc1OCCOC. The molecule has 3 rings (SSSR count). The number of hydrogen-bond donors (Lipinski definition) is 2. The van der Waals surface area contributed by atoms with Crippen molar-refractivity contribution in [2.24, 2.45) is 10.9 Å². The maximum absolute atomic E-state index is 6.06. The molecule has 0 atom stereocenters. The topological polar surface area (TPSA) is 77.0 Å². The summed E-state index contributed by atoms with van der Waals surface area (Å²) in [4.78, 5) is 8.64. The molecule has 0 unspecified atom stereocenters. The zero-order chi connectivity index (χ0) is 21.2. The Labute approximate surface area is 178 Å². The highest BCUT2D eigenvalue weighted by molar-refractivity contribution is 5.79. The van der Waals surface area contributed by atoms with Gasteiger partial charge in [0, 0.05) is 44.6 Å². The Morgan fingerprint density at radius 1 is 1.10 bits per heavy atom. The van der Waals surface area contributed by atoms with Gasteiger partial charge in [0.2, 0.25) is 5.88 Å². The molecule has 1 aliphatic carbocycles. The highest BCUT2D eigenvalue weighted by atomic mass is 16.5. The largest absolute Gasteiger partial charge is 0.493 e. The van der Waals surface area contributed by atoms with Crippen LogP contribution in [0.5, 0.6) is 11.6 Å². The third-order valence-corrected chi connectivity index (χ3v) is 4.89. The summed E-state index contributed by atoms with van der Waals surface area (Å²) in [6, 6.07) is 10.2. The number of methoxy groups -OCH3 is 1. The first kappa shape index (κ1) is 21.9. The Morgan fingerprint density at radius 2 is 1.90 bits per heavy atom. The van der Waals surface area contributed by atoms with E-state index in [9.17, 15) is 0 Å². The van der Waals surface area contributed by atoms with Crippen molar-refractivity contribution in [3.05, 3.63) is 53.2 Å². The molecule has 1 fully saturated rings. The molecule has 0 radical (unpaired) electrons. The van der Waals surface area contributed by atoms with Crippen LogP contribution in [0.4, 0.5) is 0 Å². The molecule has 2 aromatic rings. The fraction of sp³-hybridized carbons (Fsp3) is 0.478. The Bertz CT molecular complexity index is 837. The minimum Gasteiger partial charge on any atom is -0.493 e. The van der Waals surface area contributed by atoms with Crippen molar-refractivity contribution in [3.8, 4) is 11.6 Å². The molecule has 30 heavy (non-hydrogen) atoms. The van der Waals surface area contributed by atoms with E-state index in [2.05, 4.69) is 45.7 Å². The van der Waals surface area contributed by atoms with Gasteiger partial charge in [-0.05, 0) is 43.4 Å². The molecule has 1 aromatic heterocycles. The molecular weight excluding hydrogens is 380 g/mol. The lowest BCUT2D eigenvalue weighted by molar-refractivity contribution is 0.143. The van der Waals surface area contributed by atoms with E-state index < -0.39 is 0 Å². The van der Waals surface area contributed by atoms with Gasteiger partial charge < -0.3 is 24.8 Å². The smallest absolute Gasteiger partial charge is 0.218 e. The van der Waals surface area contributed by atoms with Crippen molar-refractivity contribution in [2.45, 2.75) is 32.9 Å². The predicted octanol–water partition coefficient (Wildman–Crippen LogP) is 3.07. The van der Waals surface area contributed by atoms with Gasteiger partial charge in [0.15, 0.2) is 5.96 Å². The molecule has 1 aliphatic rings. The maximum atomic E-state index is 6.06. The van der Waals surface area contributed by atoms with Crippen LogP contribution < -0.4 is 20.1 Å². The van der Waals surface area contributed by atoms with Crippen LogP contribution in [-0.4, -0.2) is 44.9 Å². The molecule has 0 amide bonds. The fourth-order valence-electron chi connectivity index (χ4n) is 2.92. The summed E-state index contributed by atoms with van der Waals surface area (Å²) in [5.41, 5.74) is 3.28. The van der Waals surface area contributed by atoms with E-state index in [1.807, 2.05) is 12.1 Å². The quantitative estimate of drug-likeness (QED) is 0.336. The van der Waals surface area contributed by atoms with Crippen molar-refractivity contribution in [2.75, 3.05) is 34.0 Å². The predicted molar refractivity (Wildman–Crippen MR) is 118 cm³/mol. The number of ether oxygens (including phenoxy) is 3. The summed E-state index contributed by atoms with van der Waals surface area (Å²) in [7, 11) is 3.41. The van der Waals surface area contributed by atoms with E-state index in [-0.39, 0.29) is 0 Å². The van der Waals surface area contributed by atoms with Gasteiger partial charge in [-0.2, -0.15) is 0 Å². The van der Waals surface area contributed by atoms with Crippen LogP contribution >= 0.6 is 0 Å². The second-order valence-corrected chi connectivity index (χ2v) is 7.45. The average molecular weight is 413 g/mol. The normalized spacial score (nSPS) is 13.8. The van der Waals surface area contributed by atoms with Crippen LogP contribution in [-0.2, 0) is 17.8 Å². The number of nitrogens with one attached hydrogen (secondary N) is 2. The minimum atomic E-state index is 0.463. The number of benzene rings is 1. The highest BCUT2D eigenvalue weighted by Gasteiger charge is 2.22. The molecule has 7 heteroatoms. The van der Waals surface area contributed by atoms with Crippen LogP contribution in [0.3, 0.4) is 0 Å². The number of aryl methyl sites for hydroxylation is 1. The van der Waals surface area contributed by atoms with Gasteiger partial charge >= 0.3 is 0 Å². The second kappa shape index (κ2) is 11.4. The standard InChI is InChI=1S/C23H32N4O3/c1-17-6-9-19(21(13-17)30-16-18-7-8-18)14-26-23(24-2)27-15-20-5-4-10-25-22(20)29-12-11-28-3/h4-6,9-10,13,18H,7-8,11-12,14-16H2,1-3H3,(H2,24,26,27). The molecule has 0 aliphatic heterocycles. The Balaban J connectivity index is 1.54. The maximum Gasteiger partial charge on any atom is 0.218 e. The summed E-state index contributed by atoms with van der Waals surface area (Å²) in [6.45, 7) is 5.05. The van der Waals surface area contributed by atoms with Crippen molar-refractivity contribution < 1.29 is 14.2 Å². The summed E-state index contributed by atoms with van der Waals surface area (Å²) < 4.78 is 16.8. The zero-order valence-corrected chi connectivity index (χ0v) is 18.1. The number of pyridine rings is 1. The van der Waals surface area contributed by atoms with Crippen LogP contribution in [0, 0.1) is 12.8 Å². The molecule has 2 N–H and O–H groups in total. The second-order valence-electron chi connectivity index (χ2n) is 7.45. The number of hydrogen-bond acceptors (Lipinski definition) is 5. The molecule has 7 nitrogen and oxygen atoms in total. The fourth-order valence-corrected chi connectivity index (χ4v) is 2.92. The number of aromatic nitrogens is 1. The lowest BCUT2D eigenvalue weighted by atomic mass is 10.1. The third kappa shape index (κ3) is 6.91. The van der Waals surface area contributed by atoms with Crippen molar-refractivity contribution in [1.29, 1.82) is 0 Å². The highest BCUT2D eigenvalue weighted by Crippen LogP contribution is 2.30. The number of nitrogens with zero attached hydrogens (tertiary/aromatic N) is 2. The Hall–Kier alpha value is -2.80. The van der Waals surface area contributed by atoms with E-state index in [4.69, 9.17) is 14.2 Å². The number of guanidine groups is 1. The van der Waals surface area contributed by atoms with E-state index in [1.165, 1.54) is 18.4 Å². The molecule has 1 saturated carbocycles. The van der Waals surface area contributed by atoms with Gasteiger partial charge in [0.05, 0.1) is 13.2 Å². The van der Waals surface area contributed by atoms with Gasteiger partial charge in [0.25, 0.3) is 0 Å². The molecule has 1 aromatic carbocycles. The van der Waals surface area contributed by atoms with E-state index in [0.29, 0.717) is 38.1 Å². The van der Waals surface area contributed by atoms with E-state index in [1.54, 1.807) is 20.4 Å². The summed E-state index contributed by atoms with van der Waals surface area (Å²) in [6.07, 6.45) is 4.28. The molecule has 162 valence electrons.